The van der Waals surface area contributed by atoms with Crippen LogP contribution >= 0.6 is 12.6 Å². The van der Waals surface area contributed by atoms with Gasteiger partial charge in [0.15, 0.2) is 0 Å². The number of imidazole rings is 1. The molecule has 90 valence electrons. The second-order valence-corrected chi connectivity index (χ2v) is 4.78. The summed E-state index contributed by atoms with van der Waals surface area (Å²) >= 11 is 4.29. The minimum atomic E-state index is 0.745. The summed E-state index contributed by atoms with van der Waals surface area (Å²) in [6.07, 6.45) is 0. The van der Waals surface area contributed by atoms with Gasteiger partial charge in [-0.25, -0.2) is 4.98 Å². The number of H-pyrrole nitrogens is 1. The Morgan fingerprint density at radius 3 is 2.61 bits per heavy atom. The lowest BCUT2D eigenvalue weighted by molar-refractivity contribution is 1.33. The van der Waals surface area contributed by atoms with Crippen LogP contribution in [0, 0.1) is 6.92 Å². The fraction of sp³-hybridized carbons (Fsp3) is 0.133. The van der Waals surface area contributed by atoms with Crippen molar-refractivity contribution >= 4 is 23.7 Å². The number of nitrogens with zero attached hydrogens (tertiary/aromatic N) is 1. The molecule has 0 aliphatic rings. The molecule has 18 heavy (non-hydrogen) atoms. The first-order valence-electron chi connectivity index (χ1n) is 5.93. The van der Waals surface area contributed by atoms with Crippen molar-refractivity contribution in [3.8, 4) is 11.4 Å². The molecule has 0 aliphatic carbocycles. The predicted octanol–water partition coefficient (Wildman–Crippen LogP) is 3.97. The molecule has 3 heteroatoms. The average molecular weight is 254 g/mol. The van der Waals surface area contributed by atoms with E-state index in [-0.39, 0.29) is 0 Å². The standard InChI is InChI=1S/C15H14N2S/c1-10-2-5-12(6-3-10)15-16-13-7-4-11(9-18)8-14(13)17-15/h2-8,18H,9H2,1H3,(H,16,17). The molecular weight excluding hydrogens is 240 g/mol. The average Bonchev–Trinajstić information content (AvgIpc) is 2.82. The first kappa shape index (κ1) is 11.4. The number of rotatable bonds is 2. The van der Waals surface area contributed by atoms with E-state index < -0.39 is 0 Å². The van der Waals surface area contributed by atoms with E-state index in [0.717, 1.165) is 28.2 Å². The van der Waals surface area contributed by atoms with Crippen LogP contribution in [0.25, 0.3) is 22.4 Å². The highest BCUT2D eigenvalue weighted by Crippen LogP contribution is 2.22. The molecule has 3 aromatic rings. The Balaban J connectivity index is 2.10. The summed E-state index contributed by atoms with van der Waals surface area (Å²) in [7, 11) is 0. The van der Waals surface area contributed by atoms with Crippen LogP contribution in [0.2, 0.25) is 0 Å². The van der Waals surface area contributed by atoms with Crippen molar-refractivity contribution in [2.24, 2.45) is 0 Å². The molecule has 3 rings (SSSR count). The van der Waals surface area contributed by atoms with Crippen molar-refractivity contribution in [3.63, 3.8) is 0 Å². The first-order chi connectivity index (χ1) is 8.76. The van der Waals surface area contributed by atoms with Gasteiger partial charge < -0.3 is 4.98 Å². The number of aromatic amines is 1. The van der Waals surface area contributed by atoms with E-state index in [9.17, 15) is 0 Å². The summed E-state index contributed by atoms with van der Waals surface area (Å²) in [6, 6.07) is 14.6. The maximum atomic E-state index is 4.61. The number of benzene rings is 2. The van der Waals surface area contributed by atoms with E-state index in [0.29, 0.717) is 0 Å². The number of thiol groups is 1. The zero-order chi connectivity index (χ0) is 12.5. The van der Waals surface area contributed by atoms with E-state index in [1.54, 1.807) is 0 Å². The van der Waals surface area contributed by atoms with Crippen LogP contribution in [0.3, 0.4) is 0 Å². The zero-order valence-corrected chi connectivity index (χ0v) is 11.0. The third-order valence-electron chi connectivity index (χ3n) is 3.05. The van der Waals surface area contributed by atoms with Crippen LogP contribution in [0.5, 0.6) is 0 Å². The smallest absolute Gasteiger partial charge is 0.138 e. The highest BCUT2D eigenvalue weighted by atomic mass is 32.1. The summed E-state index contributed by atoms with van der Waals surface area (Å²) < 4.78 is 0. The highest BCUT2D eigenvalue weighted by Gasteiger charge is 2.05. The number of hydrogen-bond donors (Lipinski definition) is 2. The maximum absolute atomic E-state index is 4.61. The van der Waals surface area contributed by atoms with E-state index in [2.05, 4.69) is 65.9 Å². The Morgan fingerprint density at radius 1 is 1.11 bits per heavy atom. The zero-order valence-electron chi connectivity index (χ0n) is 10.1. The molecule has 0 atom stereocenters. The molecule has 0 radical (unpaired) electrons. The Labute approximate surface area is 111 Å². The van der Waals surface area contributed by atoms with Gasteiger partial charge in [0.05, 0.1) is 11.0 Å². The topological polar surface area (TPSA) is 28.7 Å². The molecule has 1 N–H and O–H groups in total. The van der Waals surface area contributed by atoms with Gasteiger partial charge in [-0.2, -0.15) is 12.6 Å². The van der Waals surface area contributed by atoms with Crippen LogP contribution in [0.1, 0.15) is 11.1 Å². The van der Waals surface area contributed by atoms with Gasteiger partial charge in [-0.15, -0.1) is 0 Å². The lowest BCUT2D eigenvalue weighted by atomic mass is 10.1. The molecule has 0 fully saturated rings. The van der Waals surface area contributed by atoms with Gasteiger partial charge in [0.2, 0.25) is 0 Å². The fourth-order valence-corrected chi connectivity index (χ4v) is 2.20. The molecule has 0 saturated heterocycles. The van der Waals surface area contributed by atoms with Crippen molar-refractivity contribution < 1.29 is 0 Å². The molecule has 0 spiro atoms. The van der Waals surface area contributed by atoms with Crippen LogP contribution < -0.4 is 0 Å². The van der Waals surface area contributed by atoms with Gasteiger partial charge in [0.1, 0.15) is 5.82 Å². The van der Waals surface area contributed by atoms with Crippen molar-refractivity contribution in [1.82, 2.24) is 9.97 Å². The number of aromatic nitrogens is 2. The molecule has 0 unspecified atom stereocenters. The first-order valence-corrected chi connectivity index (χ1v) is 6.56. The third-order valence-corrected chi connectivity index (χ3v) is 3.42. The van der Waals surface area contributed by atoms with Gasteiger partial charge in [-0.05, 0) is 24.6 Å². The second kappa shape index (κ2) is 4.50. The Morgan fingerprint density at radius 2 is 1.89 bits per heavy atom. The SMILES string of the molecule is Cc1ccc(-c2nc3ccc(CS)cc3[nH]2)cc1. The van der Waals surface area contributed by atoms with Crippen LogP contribution in [-0.4, -0.2) is 9.97 Å². The molecule has 1 aromatic heterocycles. The van der Waals surface area contributed by atoms with Gasteiger partial charge in [-0.1, -0.05) is 35.9 Å². The van der Waals surface area contributed by atoms with Crippen LogP contribution in [0.4, 0.5) is 0 Å². The van der Waals surface area contributed by atoms with E-state index in [1.807, 2.05) is 6.07 Å². The van der Waals surface area contributed by atoms with Crippen molar-refractivity contribution in [2.45, 2.75) is 12.7 Å². The summed E-state index contributed by atoms with van der Waals surface area (Å²) in [5, 5.41) is 0. The number of aryl methyl sites for hydroxylation is 1. The molecule has 2 nitrogen and oxygen atoms in total. The summed E-state index contributed by atoms with van der Waals surface area (Å²) in [6.45, 7) is 2.08. The Kier molecular flexibility index (Phi) is 2.84. The number of nitrogens with one attached hydrogen (secondary N) is 1. The normalized spacial score (nSPS) is 11.0. The maximum Gasteiger partial charge on any atom is 0.138 e. The van der Waals surface area contributed by atoms with E-state index in [1.165, 1.54) is 11.1 Å². The molecule has 0 amide bonds. The van der Waals surface area contributed by atoms with Crippen molar-refractivity contribution in [1.29, 1.82) is 0 Å². The van der Waals surface area contributed by atoms with Gasteiger partial charge in [-0.3, -0.25) is 0 Å². The third kappa shape index (κ3) is 2.02. The Hall–Kier alpha value is -1.74. The minimum absolute atomic E-state index is 0.745. The fourth-order valence-electron chi connectivity index (χ4n) is 2.00. The quantitative estimate of drug-likeness (QED) is 0.666. The number of hydrogen-bond acceptors (Lipinski definition) is 2. The highest BCUT2D eigenvalue weighted by molar-refractivity contribution is 7.79. The van der Waals surface area contributed by atoms with Gasteiger partial charge in [0.25, 0.3) is 0 Å². The molecule has 1 heterocycles. The molecule has 0 aliphatic heterocycles. The Bertz CT molecular complexity index is 683. The van der Waals surface area contributed by atoms with Crippen molar-refractivity contribution in [3.05, 3.63) is 53.6 Å². The van der Waals surface area contributed by atoms with E-state index in [4.69, 9.17) is 0 Å². The van der Waals surface area contributed by atoms with E-state index >= 15 is 0 Å². The summed E-state index contributed by atoms with van der Waals surface area (Å²) in [5.41, 5.74) is 5.63. The minimum Gasteiger partial charge on any atom is -0.338 e. The van der Waals surface area contributed by atoms with Crippen molar-refractivity contribution in [2.75, 3.05) is 0 Å². The molecule has 2 aromatic carbocycles. The van der Waals surface area contributed by atoms with Gasteiger partial charge in [0, 0.05) is 11.3 Å². The lowest BCUT2D eigenvalue weighted by Gasteiger charge is -1.96. The predicted molar refractivity (Wildman–Crippen MR) is 79.0 cm³/mol. The van der Waals surface area contributed by atoms with Crippen LogP contribution in [-0.2, 0) is 5.75 Å². The number of fused-ring (bicyclic) bond motifs is 1. The molecular formula is C15H14N2S. The largest absolute Gasteiger partial charge is 0.338 e. The summed E-state index contributed by atoms with van der Waals surface area (Å²) in [5.74, 6) is 1.66. The monoisotopic (exact) mass is 254 g/mol. The van der Waals surface area contributed by atoms with Crippen LogP contribution in [0.15, 0.2) is 42.5 Å². The molecule has 0 saturated carbocycles. The van der Waals surface area contributed by atoms with Gasteiger partial charge >= 0.3 is 0 Å². The second-order valence-electron chi connectivity index (χ2n) is 4.46. The molecule has 0 bridgehead atoms. The summed E-state index contributed by atoms with van der Waals surface area (Å²) in [4.78, 5) is 7.97. The lowest BCUT2D eigenvalue weighted by Crippen LogP contribution is -1.80.